The third-order valence-electron chi connectivity index (χ3n) is 5.71. The second-order valence-corrected chi connectivity index (χ2v) is 7.64. The van der Waals surface area contributed by atoms with Gasteiger partial charge in [0.2, 0.25) is 0 Å². The highest BCUT2D eigenvalue weighted by molar-refractivity contribution is 5.89. The average Bonchev–Trinajstić information content (AvgIpc) is 3.15. The van der Waals surface area contributed by atoms with Crippen LogP contribution < -0.4 is 11.1 Å². The predicted octanol–water partition coefficient (Wildman–Crippen LogP) is 4.76. The lowest BCUT2D eigenvalue weighted by Gasteiger charge is -2.14. The van der Waals surface area contributed by atoms with Crippen molar-refractivity contribution in [2.75, 3.05) is 18.9 Å². The van der Waals surface area contributed by atoms with E-state index in [1.807, 2.05) is 54.6 Å². The Morgan fingerprint density at radius 3 is 2.47 bits per heavy atom. The van der Waals surface area contributed by atoms with Crippen LogP contribution >= 0.6 is 0 Å². The van der Waals surface area contributed by atoms with Crippen LogP contribution in [0, 0.1) is 0 Å². The Bertz CT molecular complexity index is 1290. The van der Waals surface area contributed by atoms with Crippen LogP contribution in [-0.2, 0) is 4.74 Å². The Morgan fingerprint density at radius 1 is 1.00 bits per heavy atom. The Morgan fingerprint density at radius 2 is 1.72 bits per heavy atom. The molecule has 0 saturated carbocycles. The van der Waals surface area contributed by atoms with Gasteiger partial charge in [-0.1, -0.05) is 66.7 Å². The molecule has 0 fully saturated rings. The van der Waals surface area contributed by atoms with Gasteiger partial charge < -0.3 is 15.8 Å². The zero-order chi connectivity index (χ0) is 21.9. The normalized spacial score (nSPS) is 12.6. The van der Waals surface area contributed by atoms with Gasteiger partial charge in [0.15, 0.2) is 0 Å². The number of nitrogens with two attached hydrogens (primary N) is 1. The number of hydrogen-bond donors (Lipinski definition) is 2. The Balaban J connectivity index is 1.18. The van der Waals surface area contributed by atoms with Gasteiger partial charge in [0, 0.05) is 17.8 Å². The molecule has 0 spiro atoms. The summed E-state index contributed by atoms with van der Waals surface area (Å²) in [4.78, 5) is 20.5. The number of fused-ring (bicyclic) bond motifs is 4. The quantitative estimate of drug-likeness (QED) is 0.484. The summed E-state index contributed by atoms with van der Waals surface area (Å²) in [5.41, 5.74) is 12.5. The largest absolute Gasteiger partial charge is 0.449 e. The molecule has 158 valence electrons. The van der Waals surface area contributed by atoms with Crippen molar-refractivity contribution in [2.45, 2.75) is 5.92 Å². The number of ether oxygens (including phenoxy) is 1. The van der Waals surface area contributed by atoms with Crippen molar-refractivity contribution in [1.82, 2.24) is 15.3 Å². The van der Waals surface area contributed by atoms with E-state index in [-0.39, 0.29) is 5.92 Å². The summed E-state index contributed by atoms with van der Waals surface area (Å²) in [5.74, 6) is 0.496. The minimum absolute atomic E-state index is 0.0500. The number of carbonyl (C=O) groups excluding carboxylic acids is 1. The summed E-state index contributed by atoms with van der Waals surface area (Å²) >= 11 is 0. The van der Waals surface area contributed by atoms with Crippen molar-refractivity contribution in [3.05, 3.63) is 95.8 Å². The number of rotatable bonds is 5. The maximum absolute atomic E-state index is 12.3. The summed E-state index contributed by atoms with van der Waals surface area (Å²) in [5, 5.41) is 3.58. The van der Waals surface area contributed by atoms with Crippen molar-refractivity contribution in [1.29, 1.82) is 0 Å². The van der Waals surface area contributed by atoms with Crippen molar-refractivity contribution >= 4 is 28.9 Å². The molecule has 4 aromatic rings. The summed E-state index contributed by atoms with van der Waals surface area (Å²) in [7, 11) is 0. The first-order valence-corrected chi connectivity index (χ1v) is 10.5. The number of nitrogens with one attached hydrogen (secondary N) is 1. The average molecular weight is 422 g/mol. The summed E-state index contributed by atoms with van der Waals surface area (Å²) in [6.45, 7) is 0.656. The van der Waals surface area contributed by atoms with Gasteiger partial charge >= 0.3 is 6.09 Å². The van der Waals surface area contributed by atoms with Gasteiger partial charge in [-0.05, 0) is 39.9 Å². The highest BCUT2D eigenvalue weighted by Crippen LogP contribution is 2.44. The highest BCUT2D eigenvalue weighted by atomic mass is 16.5. The van der Waals surface area contributed by atoms with E-state index >= 15 is 0 Å². The molecule has 1 amide bonds. The van der Waals surface area contributed by atoms with Gasteiger partial charge in [0.25, 0.3) is 0 Å². The number of nitrogen functional groups attached to an aromatic ring is 1. The van der Waals surface area contributed by atoms with Gasteiger partial charge in [-0.25, -0.2) is 14.8 Å². The van der Waals surface area contributed by atoms with Crippen LogP contribution in [0.4, 0.5) is 10.6 Å². The maximum atomic E-state index is 12.3. The number of amides is 1. The Hall–Kier alpha value is -4.19. The topological polar surface area (TPSA) is 90.1 Å². The van der Waals surface area contributed by atoms with Crippen LogP contribution in [0.15, 0.2) is 79.1 Å². The third kappa shape index (κ3) is 3.78. The van der Waals surface area contributed by atoms with Gasteiger partial charge in [-0.3, -0.25) is 0 Å². The van der Waals surface area contributed by atoms with Crippen LogP contribution in [0.5, 0.6) is 0 Å². The number of hydrogen-bond acceptors (Lipinski definition) is 5. The monoisotopic (exact) mass is 422 g/mol. The second kappa shape index (κ2) is 8.51. The second-order valence-electron chi connectivity index (χ2n) is 7.64. The Labute approximate surface area is 185 Å². The minimum Gasteiger partial charge on any atom is -0.449 e. The van der Waals surface area contributed by atoms with Crippen LogP contribution in [0.25, 0.3) is 28.1 Å². The van der Waals surface area contributed by atoms with Crippen LogP contribution in [0.3, 0.4) is 0 Å². The molecular formula is C26H22N4O2. The van der Waals surface area contributed by atoms with E-state index < -0.39 is 6.09 Å². The van der Waals surface area contributed by atoms with Gasteiger partial charge in [-0.2, -0.15) is 0 Å². The van der Waals surface area contributed by atoms with Gasteiger partial charge in [0.05, 0.1) is 5.52 Å². The maximum Gasteiger partial charge on any atom is 0.407 e. The number of nitrogens with zero attached hydrogens (tertiary/aromatic N) is 2. The summed E-state index contributed by atoms with van der Waals surface area (Å²) in [6.07, 6.45) is 4.79. The van der Waals surface area contributed by atoms with Crippen molar-refractivity contribution in [2.24, 2.45) is 0 Å². The predicted molar refractivity (Wildman–Crippen MR) is 126 cm³/mol. The molecule has 0 bridgehead atoms. The molecule has 1 aliphatic carbocycles. The molecule has 1 heterocycles. The first kappa shape index (κ1) is 19.8. The van der Waals surface area contributed by atoms with E-state index in [1.54, 1.807) is 0 Å². The number of alkyl carbamates (subject to hydrolysis) is 1. The van der Waals surface area contributed by atoms with Crippen LogP contribution in [-0.4, -0.2) is 29.2 Å². The molecule has 3 aromatic carbocycles. The fraction of sp³-hybridized carbons (Fsp3) is 0.115. The van der Waals surface area contributed by atoms with E-state index in [2.05, 4.69) is 39.6 Å². The zero-order valence-corrected chi connectivity index (χ0v) is 17.4. The molecule has 0 radical (unpaired) electrons. The molecule has 5 rings (SSSR count). The number of aromatic nitrogens is 2. The SMILES string of the molecule is Nc1ncnc2ccc(C=CCNC(=O)OCC3c4ccccc4-c4ccccc43)cc12. The molecule has 0 atom stereocenters. The number of carbonyl (C=O) groups is 1. The van der Waals surface area contributed by atoms with E-state index in [9.17, 15) is 4.79 Å². The lowest BCUT2D eigenvalue weighted by molar-refractivity contribution is 0.144. The molecule has 32 heavy (non-hydrogen) atoms. The van der Waals surface area contributed by atoms with Crippen LogP contribution in [0.1, 0.15) is 22.6 Å². The minimum atomic E-state index is -0.437. The molecule has 6 nitrogen and oxygen atoms in total. The van der Waals surface area contributed by atoms with Crippen molar-refractivity contribution in [3.63, 3.8) is 0 Å². The van der Waals surface area contributed by atoms with Crippen molar-refractivity contribution in [3.8, 4) is 11.1 Å². The summed E-state index contributed by atoms with van der Waals surface area (Å²) < 4.78 is 5.55. The smallest absolute Gasteiger partial charge is 0.407 e. The molecule has 0 saturated heterocycles. The fourth-order valence-electron chi connectivity index (χ4n) is 4.18. The van der Waals surface area contributed by atoms with E-state index in [0.717, 1.165) is 16.5 Å². The molecule has 1 aliphatic rings. The molecule has 6 heteroatoms. The molecule has 3 N–H and O–H groups in total. The van der Waals surface area contributed by atoms with E-state index in [4.69, 9.17) is 10.5 Å². The van der Waals surface area contributed by atoms with E-state index in [0.29, 0.717) is 19.0 Å². The van der Waals surface area contributed by atoms with Crippen molar-refractivity contribution < 1.29 is 9.53 Å². The lowest BCUT2D eigenvalue weighted by Crippen LogP contribution is -2.26. The molecule has 0 unspecified atom stereocenters. The lowest BCUT2D eigenvalue weighted by atomic mass is 9.98. The zero-order valence-electron chi connectivity index (χ0n) is 17.4. The fourth-order valence-corrected chi connectivity index (χ4v) is 4.18. The molecular weight excluding hydrogens is 400 g/mol. The standard InChI is InChI=1S/C26H22N4O2/c27-25-22-14-17(11-12-24(22)29-16-30-25)6-5-13-28-26(31)32-15-23-20-9-3-1-7-18(20)19-8-2-4-10-21(19)23/h1-12,14,16,23H,13,15H2,(H,28,31)(H2,27,29,30). The molecule has 1 aromatic heterocycles. The first-order valence-electron chi connectivity index (χ1n) is 10.5. The van der Waals surface area contributed by atoms with Gasteiger partial charge in [0.1, 0.15) is 18.8 Å². The first-order chi connectivity index (χ1) is 15.7. The summed E-state index contributed by atoms with van der Waals surface area (Å²) in [6, 6.07) is 22.3. The third-order valence-corrected chi connectivity index (χ3v) is 5.71. The number of benzene rings is 3. The van der Waals surface area contributed by atoms with Crippen LogP contribution in [0.2, 0.25) is 0 Å². The number of anilines is 1. The van der Waals surface area contributed by atoms with E-state index in [1.165, 1.54) is 28.6 Å². The van der Waals surface area contributed by atoms with Gasteiger partial charge in [-0.15, -0.1) is 0 Å². The molecule has 0 aliphatic heterocycles. The Kier molecular flexibility index (Phi) is 5.25. The highest BCUT2D eigenvalue weighted by Gasteiger charge is 2.28.